The van der Waals surface area contributed by atoms with E-state index in [1.54, 1.807) is 4.90 Å². The van der Waals surface area contributed by atoms with Gasteiger partial charge in [-0.15, -0.1) is 0 Å². The Bertz CT molecular complexity index is 526. The molecule has 0 unspecified atom stereocenters. The van der Waals surface area contributed by atoms with Crippen LogP contribution in [0.3, 0.4) is 0 Å². The van der Waals surface area contributed by atoms with Gasteiger partial charge in [0.25, 0.3) is 5.91 Å². The van der Waals surface area contributed by atoms with Crippen molar-refractivity contribution in [1.82, 2.24) is 10.3 Å². The highest BCUT2D eigenvalue weighted by atomic mass is 16.2. The summed E-state index contributed by atoms with van der Waals surface area (Å²) in [6, 6.07) is 9.64. The van der Waals surface area contributed by atoms with Gasteiger partial charge in [-0.1, -0.05) is 36.8 Å². The second-order valence-electron chi connectivity index (χ2n) is 5.22. The van der Waals surface area contributed by atoms with Crippen LogP contribution < -0.4 is 5.43 Å². The second-order valence-corrected chi connectivity index (χ2v) is 5.22. The molecule has 1 heterocycles. The maximum atomic E-state index is 11.9. The van der Waals surface area contributed by atoms with Crippen molar-refractivity contribution in [3.8, 4) is 0 Å². The van der Waals surface area contributed by atoms with Crippen molar-refractivity contribution in [3.63, 3.8) is 0 Å². The topological polar surface area (TPSA) is 61.8 Å². The summed E-state index contributed by atoms with van der Waals surface area (Å²) < 4.78 is 0. The summed E-state index contributed by atoms with van der Waals surface area (Å²) in [5.41, 5.74) is 4.23. The third-order valence-electron chi connectivity index (χ3n) is 3.55. The molecule has 0 spiro atoms. The first-order valence-electron chi connectivity index (χ1n) is 7.33. The molecule has 2 amide bonds. The van der Waals surface area contributed by atoms with E-state index in [1.807, 2.05) is 37.3 Å². The molecule has 1 aliphatic rings. The zero-order valence-corrected chi connectivity index (χ0v) is 12.3. The Morgan fingerprint density at radius 2 is 2.00 bits per heavy atom. The molecule has 0 saturated carbocycles. The number of nitrogens with one attached hydrogen (secondary N) is 1. The lowest BCUT2D eigenvalue weighted by Gasteiger charge is -2.19. The molecule has 1 N–H and O–H groups in total. The summed E-state index contributed by atoms with van der Waals surface area (Å²) in [5, 5.41) is 4.09. The molecule has 21 heavy (non-hydrogen) atoms. The van der Waals surface area contributed by atoms with Gasteiger partial charge in [0.05, 0.1) is 5.71 Å². The molecule has 1 saturated heterocycles. The zero-order chi connectivity index (χ0) is 15.1. The number of likely N-dealkylation sites (tertiary alicyclic amines) is 1. The fraction of sp³-hybridized carbons (Fsp3) is 0.438. The number of hydrazone groups is 1. The number of amides is 2. The molecule has 2 rings (SSSR count). The summed E-state index contributed by atoms with van der Waals surface area (Å²) in [4.78, 5) is 25.3. The maximum absolute atomic E-state index is 11.9. The first-order chi connectivity index (χ1) is 10.2. The van der Waals surface area contributed by atoms with Crippen molar-refractivity contribution >= 4 is 17.5 Å². The van der Waals surface area contributed by atoms with E-state index in [1.165, 1.54) is 0 Å². The van der Waals surface area contributed by atoms with E-state index in [4.69, 9.17) is 0 Å². The quantitative estimate of drug-likeness (QED) is 0.679. The van der Waals surface area contributed by atoms with Crippen molar-refractivity contribution in [2.45, 2.75) is 32.6 Å². The van der Waals surface area contributed by atoms with Gasteiger partial charge in [0.15, 0.2) is 0 Å². The Kier molecular flexibility index (Phi) is 5.49. The van der Waals surface area contributed by atoms with Gasteiger partial charge in [-0.25, -0.2) is 5.43 Å². The normalized spacial score (nSPS) is 16.5. The number of benzene rings is 1. The molecule has 112 valence electrons. The van der Waals surface area contributed by atoms with Crippen LogP contribution >= 0.6 is 0 Å². The van der Waals surface area contributed by atoms with Crippen LogP contribution in [0.2, 0.25) is 0 Å². The molecule has 0 bridgehead atoms. The van der Waals surface area contributed by atoms with Gasteiger partial charge in [-0.05, 0) is 25.3 Å². The number of carbonyl (C=O) groups is 2. The Hall–Kier alpha value is -2.17. The van der Waals surface area contributed by atoms with Gasteiger partial charge in [0, 0.05) is 13.0 Å². The minimum absolute atomic E-state index is 0.0615. The molecule has 0 aromatic heterocycles. The third kappa shape index (κ3) is 4.70. The standard InChI is InChI=1S/C16H21N3O2/c1-13(14-8-4-2-5-9-14)17-18-15(20)12-19-11-7-3-6-10-16(19)21/h2,4-5,8-9H,3,6-7,10-12H2,1H3,(H,18,20)/b17-13-. The van der Waals surface area contributed by atoms with Crippen LogP contribution in [0.1, 0.15) is 38.2 Å². The highest BCUT2D eigenvalue weighted by Crippen LogP contribution is 2.10. The van der Waals surface area contributed by atoms with Crippen molar-refractivity contribution < 1.29 is 9.59 Å². The highest BCUT2D eigenvalue weighted by Gasteiger charge is 2.18. The van der Waals surface area contributed by atoms with Crippen molar-refractivity contribution in [3.05, 3.63) is 35.9 Å². The number of rotatable bonds is 4. The Morgan fingerprint density at radius 1 is 1.24 bits per heavy atom. The average molecular weight is 287 g/mol. The first kappa shape index (κ1) is 15.2. The van der Waals surface area contributed by atoms with Crippen LogP contribution in [0.25, 0.3) is 0 Å². The molecule has 1 aromatic rings. The van der Waals surface area contributed by atoms with E-state index >= 15 is 0 Å². The van der Waals surface area contributed by atoms with Crippen molar-refractivity contribution in [1.29, 1.82) is 0 Å². The van der Waals surface area contributed by atoms with E-state index in [9.17, 15) is 9.59 Å². The van der Waals surface area contributed by atoms with E-state index in [2.05, 4.69) is 10.5 Å². The van der Waals surface area contributed by atoms with Gasteiger partial charge < -0.3 is 4.90 Å². The van der Waals surface area contributed by atoms with Gasteiger partial charge >= 0.3 is 0 Å². The SMILES string of the molecule is C/C(=N/NC(=O)CN1CCCCCC1=O)c1ccccc1. The summed E-state index contributed by atoms with van der Waals surface area (Å²) in [5.74, 6) is -0.188. The minimum Gasteiger partial charge on any atom is -0.333 e. The Balaban J connectivity index is 1.88. The zero-order valence-electron chi connectivity index (χ0n) is 12.3. The lowest BCUT2D eigenvalue weighted by Crippen LogP contribution is -2.39. The minimum atomic E-state index is -0.250. The van der Waals surface area contributed by atoms with Crippen molar-refractivity contribution in [2.24, 2.45) is 5.10 Å². The predicted molar refractivity (Wildman–Crippen MR) is 81.8 cm³/mol. The summed E-state index contributed by atoms with van der Waals surface area (Å²) >= 11 is 0. The van der Waals surface area contributed by atoms with Gasteiger partial charge in [-0.3, -0.25) is 9.59 Å². The number of carbonyl (C=O) groups excluding carboxylic acids is 2. The monoisotopic (exact) mass is 287 g/mol. The van der Waals surface area contributed by atoms with Gasteiger partial charge in [0.2, 0.25) is 5.91 Å². The molecule has 0 aliphatic carbocycles. The average Bonchev–Trinajstić information content (AvgIpc) is 2.71. The fourth-order valence-corrected chi connectivity index (χ4v) is 2.30. The van der Waals surface area contributed by atoms with E-state index in [0.29, 0.717) is 13.0 Å². The smallest absolute Gasteiger partial charge is 0.259 e. The molecule has 1 fully saturated rings. The van der Waals surface area contributed by atoms with Gasteiger partial charge in [-0.2, -0.15) is 5.10 Å². The molecule has 0 radical (unpaired) electrons. The molecule has 5 nitrogen and oxygen atoms in total. The molecule has 0 atom stereocenters. The lowest BCUT2D eigenvalue weighted by atomic mass is 10.1. The summed E-state index contributed by atoms with van der Waals surface area (Å²) in [6.07, 6.45) is 3.47. The van der Waals surface area contributed by atoms with Crippen LogP contribution in [0.4, 0.5) is 0 Å². The van der Waals surface area contributed by atoms with Crippen molar-refractivity contribution in [2.75, 3.05) is 13.1 Å². The molecule has 1 aliphatic heterocycles. The van der Waals surface area contributed by atoms with E-state index in [-0.39, 0.29) is 18.4 Å². The van der Waals surface area contributed by atoms with Crippen LogP contribution in [-0.2, 0) is 9.59 Å². The van der Waals surface area contributed by atoms with Gasteiger partial charge in [0.1, 0.15) is 6.54 Å². The number of nitrogens with zero attached hydrogens (tertiary/aromatic N) is 2. The molecule has 1 aromatic carbocycles. The van der Waals surface area contributed by atoms with Crippen LogP contribution in [0, 0.1) is 0 Å². The Labute approximate surface area is 125 Å². The fourth-order valence-electron chi connectivity index (χ4n) is 2.30. The highest BCUT2D eigenvalue weighted by molar-refractivity contribution is 5.99. The second kappa shape index (κ2) is 7.57. The summed E-state index contributed by atoms with van der Waals surface area (Å²) in [7, 11) is 0. The van der Waals surface area contributed by atoms with Crippen LogP contribution in [0.15, 0.2) is 35.4 Å². The third-order valence-corrected chi connectivity index (χ3v) is 3.55. The predicted octanol–water partition coefficient (Wildman–Crippen LogP) is 1.93. The van der Waals surface area contributed by atoms with Crippen LogP contribution in [-0.4, -0.2) is 35.5 Å². The maximum Gasteiger partial charge on any atom is 0.259 e. The van der Waals surface area contributed by atoms with Crippen LogP contribution in [0.5, 0.6) is 0 Å². The molecular formula is C16H21N3O2. The first-order valence-corrected chi connectivity index (χ1v) is 7.33. The molecule has 5 heteroatoms. The lowest BCUT2D eigenvalue weighted by molar-refractivity contribution is -0.135. The largest absolute Gasteiger partial charge is 0.333 e. The summed E-state index contributed by atoms with van der Waals surface area (Å²) in [6.45, 7) is 2.59. The van der Waals surface area contributed by atoms with E-state index in [0.717, 1.165) is 30.5 Å². The molecular weight excluding hydrogens is 266 g/mol. The number of hydrogen-bond acceptors (Lipinski definition) is 3. The van der Waals surface area contributed by atoms with E-state index < -0.39 is 0 Å². The Morgan fingerprint density at radius 3 is 2.76 bits per heavy atom. The number of hydrogen-bond donors (Lipinski definition) is 1.